The molecule has 2 aromatic carbocycles. The fourth-order valence-electron chi connectivity index (χ4n) is 3.06. The van der Waals surface area contributed by atoms with Crippen LogP contribution in [0.25, 0.3) is 0 Å². The molecule has 1 fully saturated rings. The number of halogens is 1. The monoisotopic (exact) mass is 405 g/mol. The van der Waals surface area contributed by atoms with E-state index in [0.29, 0.717) is 30.2 Å². The van der Waals surface area contributed by atoms with Gasteiger partial charge in [-0.1, -0.05) is 12.1 Å². The van der Waals surface area contributed by atoms with E-state index >= 15 is 0 Å². The lowest BCUT2D eigenvalue weighted by Gasteiger charge is -2.17. The highest BCUT2D eigenvalue weighted by Crippen LogP contribution is 2.27. The maximum absolute atomic E-state index is 12.6. The van der Waals surface area contributed by atoms with Crippen LogP contribution < -0.4 is 20.5 Å². The molecule has 7 nitrogen and oxygen atoms in total. The van der Waals surface area contributed by atoms with Crippen molar-refractivity contribution in [2.45, 2.75) is 13.0 Å². The van der Waals surface area contributed by atoms with Gasteiger partial charge in [0, 0.05) is 25.6 Å². The van der Waals surface area contributed by atoms with Crippen molar-refractivity contribution in [3.8, 4) is 11.5 Å². The minimum absolute atomic E-state index is 0. The fraction of sp³-hybridized carbons (Fsp3) is 0.300. The Morgan fingerprint density at radius 1 is 1.14 bits per heavy atom. The molecule has 28 heavy (non-hydrogen) atoms. The summed E-state index contributed by atoms with van der Waals surface area (Å²) in [6.45, 7) is 0.842. The number of methoxy groups -OCH3 is 2. The lowest BCUT2D eigenvalue weighted by atomic mass is 10.1. The summed E-state index contributed by atoms with van der Waals surface area (Å²) in [6.07, 6.45) is 0.186. The second-order valence-corrected chi connectivity index (χ2v) is 6.47. The Bertz CT molecular complexity index is 842. The standard InChI is InChI=1S/C20H23N3O4.ClH/c1-26-15-5-3-13(4-6-15)11-23-12-14(9-19(23)24)20(25)22-18-10-16(27-2)7-8-17(18)21;/h3-8,10,14H,9,11-12,21H2,1-2H3,(H,22,25);1H. The van der Waals surface area contributed by atoms with Crippen LogP contribution in [-0.4, -0.2) is 37.5 Å². The first-order valence-electron chi connectivity index (χ1n) is 8.65. The Hall–Kier alpha value is -2.93. The summed E-state index contributed by atoms with van der Waals surface area (Å²) in [5, 5.41) is 2.81. The molecule has 0 radical (unpaired) electrons. The first kappa shape index (κ1) is 21.4. The van der Waals surface area contributed by atoms with Crippen molar-refractivity contribution in [1.82, 2.24) is 4.90 Å². The zero-order valence-electron chi connectivity index (χ0n) is 15.8. The predicted molar refractivity (Wildman–Crippen MR) is 110 cm³/mol. The van der Waals surface area contributed by atoms with Crippen molar-refractivity contribution in [1.29, 1.82) is 0 Å². The van der Waals surface area contributed by atoms with E-state index in [1.807, 2.05) is 24.3 Å². The molecule has 1 aliphatic rings. The molecular weight excluding hydrogens is 382 g/mol. The van der Waals surface area contributed by atoms with E-state index in [4.69, 9.17) is 15.2 Å². The van der Waals surface area contributed by atoms with Crippen molar-refractivity contribution < 1.29 is 19.1 Å². The highest BCUT2D eigenvalue weighted by atomic mass is 35.5. The van der Waals surface area contributed by atoms with Crippen LogP contribution in [0.2, 0.25) is 0 Å². The molecule has 3 N–H and O–H groups in total. The molecule has 3 rings (SSSR count). The van der Waals surface area contributed by atoms with Gasteiger partial charge in [-0.15, -0.1) is 12.4 Å². The Labute approximate surface area is 170 Å². The van der Waals surface area contributed by atoms with Crippen LogP contribution in [0.3, 0.4) is 0 Å². The molecule has 2 amide bonds. The Morgan fingerprint density at radius 2 is 1.79 bits per heavy atom. The molecule has 0 aromatic heterocycles. The normalized spacial score (nSPS) is 15.7. The van der Waals surface area contributed by atoms with Gasteiger partial charge in [0.2, 0.25) is 11.8 Å². The number of nitrogen functional groups attached to an aromatic ring is 1. The highest BCUT2D eigenvalue weighted by Gasteiger charge is 2.34. The number of ether oxygens (including phenoxy) is 2. The van der Waals surface area contributed by atoms with E-state index in [9.17, 15) is 9.59 Å². The average Bonchev–Trinajstić information content (AvgIpc) is 3.04. The summed E-state index contributed by atoms with van der Waals surface area (Å²) >= 11 is 0. The maximum atomic E-state index is 12.6. The van der Waals surface area contributed by atoms with Crippen LogP contribution in [0, 0.1) is 5.92 Å². The molecule has 0 bridgehead atoms. The summed E-state index contributed by atoms with van der Waals surface area (Å²) < 4.78 is 10.3. The second-order valence-electron chi connectivity index (χ2n) is 6.47. The molecule has 2 aromatic rings. The van der Waals surface area contributed by atoms with Crippen LogP contribution in [0.4, 0.5) is 11.4 Å². The smallest absolute Gasteiger partial charge is 0.229 e. The van der Waals surface area contributed by atoms with Gasteiger partial charge in [-0.25, -0.2) is 0 Å². The van der Waals surface area contributed by atoms with Crippen LogP contribution in [0.5, 0.6) is 11.5 Å². The van der Waals surface area contributed by atoms with Gasteiger partial charge in [0.1, 0.15) is 11.5 Å². The van der Waals surface area contributed by atoms with Gasteiger partial charge in [-0.05, 0) is 29.8 Å². The first-order valence-corrected chi connectivity index (χ1v) is 8.65. The van der Waals surface area contributed by atoms with Crippen LogP contribution >= 0.6 is 12.4 Å². The maximum Gasteiger partial charge on any atom is 0.229 e. The third-order valence-electron chi connectivity index (χ3n) is 4.64. The summed E-state index contributed by atoms with van der Waals surface area (Å²) in [7, 11) is 3.15. The number of hydrogen-bond donors (Lipinski definition) is 2. The largest absolute Gasteiger partial charge is 0.497 e. The summed E-state index contributed by atoms with van der Waals surface area (Å²) in [4.78, 5) is 26.6. The summed E-state index contributed by atoms with van der Waals surface area (Å²) in [6, 6.07) is 12.6. The molecule has 0 aliphatic carbocycles. The number of nitrogens with two attached hydrogens (primary N) is 1. The van der Waals surface area contributed by atoms with E-state index in [-0.39, 0.29) is 30.6 Å². The number of anilines is 2. The SMILES string of the molecule is COc1ccc(CN2CC(C(=O)Nc3cc(OC)ccc3N)CC2=O)cc1.Cl. The number of rotatable bonds is 6. The van der Waals surface area contributed by atoms with Crippen molar-refractivity contribution in [2.75, 3.05) is 31.8 Å². The van der Waals surface area contributed by atoms with Crippen LogP contribution in [0.15, 0.2) is 42.5 Å². The highest BCUT2D eigenvalue weighted by molar-refractivity contribution is 5.99. The zero-order chi connectivity index (χ0) is 19.4. The molecule has 1 heterocycles. The van der Waals surface area contributed by atoms with Gasteiger partial charge in [0.15, 0.2) is 0 Å². The number of carbonyl (C=O) groups is 2. The van der Waals surface area contributed by atoms with E-state index in [2.05, 4.69) is 5.32 Å². The van der Waals surface area contributed by atoms with Gasteiger partial charge in [-0.2, -0.15) is 0 Å². The van der Waals surface area contributed by atoms with E-state index in [1.165, 1.54) is 0 Å². The number of carbonyl (C=O) groups excluding carboxylic acids is 2. The summed E-state index contributed by atoms with van der Waals surface area (Å²) in [5.41, 5.74) is 7.84. The Kier molecular flexibility index (Phi) is 7.12. The zero-order valence-corrected chi connectivity index (χ0v) is 16.6. The molecular formula is C20H24ClN3O4. The number of hydrogen-bond acceptors (Lipinski definition) is 5. The quantitative estimate of drug-likeness (QED) is 0.720. The molecule has 0 saturated carbocycles. The van der Waals surface area contributed by atoms with E-state index < -0.39 is 5.92 Å². The lowest BCUT2D eigenvalue weighted by molar-refractivity contribution is -0.128. The van der Waals surface area contributed by atoms with Gasteiger partial charge in [-0.3, -0.25) is 9.59 Å². The van der Waals surface area contributed by atoms with Crippen LogP contribution in [0.1, 0.15) is 12.0 Å². The Balaban J connectivity index is 0.00000280. The average molecular weight is 406 g/mol. The lowest BCUT2D eigenvalue weighted by Crippen LogP contribution is -2.28. The van der Waals surface area contributed by atoms with Crippen molar-refractivity contribution >= 4 is 35.6 Å². The van der Waals surface area contributed by atoms with Gasteiger partial charge in [0.25, 0.3) is 0 Å². The minimum Gasteiger partial charge on any atom is -0.497 e. The molecule has 1 atom stereocenters. The van der Waals surface area contributed by atoms with Crippen molar-refractivity contribution in [3.05, 3.63) is 48.0 Å². The van der Waals surface area contributed by atoms with Crippen molar-refractivity contribution in [2.24, 2.45) is 5.92 Å². The Morgan fingerprint density at radius 3 is 2.43 bits per heavy atom. The van der Waals surface area contributed by atoms with Crippen LogP contribution in [-0.2, 0) is 16.1 Å². The molecule has 150 valence electrons. The molecule has 1 aliphatic heterocycles. The number of benzene rings is 2. The molecule has 1 unspecified atom stereocenters. The topological polar surface area (TPSA) is 93.9 Å². The molecule has 0 spiro atoms. The summed E-state index contributed by atoms with van der Waals surface area (Å²) in [5.74, 6) is 0.689. The molecule has 1 saturated heterocycles. The van der Waals surface area contributed by atoms with Gasteiger partial charge < -0.3 is 25.4 Å². The first-order chi connectivity index (χ1) is 13.0. The van der Waals surface area contributed by atoms with E-state index in [1.54, 1.807) is 37.3 Å². The number of nitrogens with one attached hydrogen (secondary N) is 1. The van der Waals surface area contributed by atoms with Gasteiger partial charge >= 0.3 is 0 Å². The third-order valence-corrected chi connectivity index (χ3v) is 4.64. The second kappa shape index (κ2) is 9.32. The number of likely N-dealkylation sites (tertiary alicyclic amines) is 1. The fourth-order valence-corrected chi connectivity index (χ4v) is 3.06. The van der Waals surface area contributed by atoms with Crippen molar-refractivity contribution in [3.63, 3.8) is 0 Å². The van der Waals surface area contributed by atoms with E-state index in [0.717, 1.165) is 11.3 Å². The number of amides is 2. The third kappa shape index (κ3) is 4.86. The predicted octanol–water partition coefficient (Wildman–Crippen LogP) is 2.70. The number of nitrogens with zero attached hydrogens (tertiary/aromatic N) is 1. The minimum atomic E-state index is -0.415. The molecule has 8 heteroatoms. The van der Waals surface area contributed by atoms with Gasteiger partial charge in [0.05, 0.1) is 31.5 Å².